The number of halogens is 3. The Morgan fingerprint density at radius 3 is 2.55 bits per heavy atom. The van der Waals surface area contributed by atoms with Crippen LogP contribution in [0.25, 0.3) is 22.0 Å². The molecule has 2 aromatic carbocycles. The molecule has 22 heavy (non-hydrogen) atoms. The van der Waals surface area contributed by atoms with E-state index in [-0.39, 0.29) is 21.9 Å². The summed E-state index contributed by atoms with van der Waals surface area (Å²) >= 11 is 15.5. The largest absolute Gasteiger partial charge is 0.507 e. The van der Waals surface area contributed by atoms with Gasteiger partial charge in [0.1, 0.15) is 5.75 Å². The molecule has 0 aliphatic rings. The molecule has 0 aliphatic heterocycles. The van der Waals surface area contributed by atoms with Gasteiger partial charge in [0.15, 0.2) is 5.75 Å². The van der Waals surface area contributed by atoms with E-state index in [1.54, 1.807) is 12.1 Å². The summed E-state index contributed by atoms with van der Waals surface area (Å²) in [5.41, 5.74) is 0.112. The van der Waals surface area contributed by atoms with Gasteiger partial charge < -0.3 is 15.2 Å². The van der Waals surface area contributed by atoms with Gasteiger partial charge in [-0.3, -0.25) is 4.79 Å². The number of fused-ring (bicyclic) bond motifs is 1. The van der Waals surface area contributed by atoms with Gasteiger partial charge in [-0.05, 0) is 30.3 Å². The average molecular weight is 401 g/mol. The zero-order chi connectivity index (χ0) is 16.0. The number of aromatic nitrogens is 1. The number of hydrogen-bond acceptors (Lipinski definition) is 3. The molecule has 0 spiro atoms. The summed E-state index contributed by atoms with van der Waals surface area (Å²) in [4.78, 5) is 14.5. The van der Waals surface area contributed by atoms with Gasteiger partial charge in [0.25, 0.3) is 5.56 Å². The number of benzene rings is 2. The van der Waals surface area contributed by atoms with Gasteiger partial charge in [-0.1, -0.05) is 39.1 Å². The second kappa shape index (κ2) is 5.50. The second-order valence-corrected chi connectivity index (χ2v) is 6.41. The van der Waals surface area contributed by atoms with Crippen LogP contribution < -0.4 is 5.56 Å². The Balaban J connectivity index is 2.55. The van der Waals surface area contributed by atoms with Gasteiger partial charge in [-0.15, -0.1) is 0 Å². The zero-order valence-corrected chi connectivity index (χ0v) is 13.9. The zero-order valence-electron chi connectivity index (χ0n) is 10.8. The van der Waals surface area contributed by atoms with Crippen molar-refractivity contribution in [3.63, 3.8) is 0 Å². The molecule has 1 heterocycles. The van der Waals surface area contributed by atoms with Gasteiger partial charge in [-0.2, -0.15) is 0 Å². The third kappa shape index (κ3) is 2.45. The van der Waals surface area contributed by atoms with E-state index in [2.05, 4.69) is 20.9 Å². The molecule has 0 fully saturated rings. The topological polar surface area (TPSA) is 73.3 Å². The normalized spacial score (nSPS) is 11.0. The number of aromatic amines is 1. The molecule has 3 rings (SSSR count). The van der Waals surface area contributed by atoms with E-state index in [0.717, 1.165) is 0 Å². The van der Waals surface area contributed by atoms with Crippen LogP contribution in [0, 0.1) is 0 Å². The molecule has 3 N–H and O–H groups in total. The lowest BCUT2D eigenvalue weighted by atomic mass is 9.99. The number of nitrogens with one attached hydrogen (secondary N) is 1. The lowest BCUT2D eigenvalue weighted by Gasteiger charge is -2.12. The maximum Gasteiger partial charge on any atom is 0.291 e. The molecule has 0 unspecified atom stereocenters. The summed E-state index contributed by atoms with van der Waals surface area (Å²) in [7, 11) is 0. The van der Waals surface area contributed by atoms with Crippen molar-refractivity contribution in [1.82, 2.24) is 4.98 Å². The van der Waals surface area contributed by atoms with Crippen LogP contribution in [0.1, 0.15) is 0 Å². The highest BCUT2D eigenvalue weighted by Gasteiger charge is 2.19. The number of H-pyrrole nitrogens is 1. The Hall–Kier alpha value is -1.69. The fourth-order valence-electron chi connectivity index (χ4n) is 2.31. The third-order valence-corrected chi connectivity index (χ3v) is 4.24. The molecule has 3 aromatic rings. The third-order valence-electron chi connectivity index (χ3n) is 3.23. The molecule has 0 saturated carbocycles. The molecule has 0 atom stereocenters. The maximum atomic E-state index is 12.0. The minimum absolute atomic E-state index is 0.0867. The Morgan fingerprint density at radius 2 is 1.82 bits per heavy atom. The highest BCUT2D eigenvalue weighted by molar-refractivity contribution is 9.10. The Morgan fingerprint density at radius 1 is 1.09 bits per heavy atom. The molecule has 1 aromatic heterocycles. The van der Waals surface area contributed by atoms with Crippen LogP contribution in [0.5, 0.6) is 11.5 Å². The SMILES string of the molecule is O=c1[nH]c2cc(Cl)cc(Cl)c2c(-c2cc(Br)ccc2O)c1O. The van der Waals surface area contributed by atoms with Crippen molar-refractivity contribution in [3.05, 3.63) is 55.2 Å². The summed E-state index contributed by atoms with van der Waals surface area (Å²) in [5.74, 6) is -0.610. The molecular weight excluding hydrogens is 393 g/mol. The number of aromatic hydroxyl groups is 2. The van der Waals surface area contributed by atoms with Crippen molar-refractivity contribution in [3.8, 4) is 22.6 Å². The van der Waals surface area contributed by atoms with E-state index >= 15 is 0 Å². The predicted octanol–water partition coefficient (Wildman–Crippen LogP) is 4.68. The summed E-state index contributed by atoms with van der Waals surface area (Å²) in [6.45, 7) is 0. The van der Waals surface area contributed by atoms with Crippen LogP contribution in [-0.2, 0) is 0 Å². The Bertz CT molecular complexity index is 969. The highest BCUT2D eigenvalue weighted by atomic mass is 79.9. The maximum absolute atomic E-state index is 12.0. The Kier molecular flexibility index (Phi) is 3.80. The van der Waals surface area contributed by atoms with E-state index < -0.39 is 11.3 Å². The van der Waals surface area contributed by atoms with Crippen LogP contribution in [0.4, 0.5) is 0 Å². The highest BCUT2D eigenvalue weighted by Crippen LogP contribution is 2.42. The van der Waals surface area contributed by atoms with Crippen LogP contribution in [0.2, 0.25) is 10.0 Å². The Labute approximate surface area is 143 Å². The number of rotatable bonds is 1. The van der Waals surface area contributed by atoms with Gasteiger partial charge >= 0.3 is 0 Å². The number of hydrogen-bond donors (Lipinski definition) is 3. The quantitative estimate of drug-likeness (QED) is 0.555. The first-order chi connectivity index (χ1) is 10.4. The van der Waals surface area contributed by atoms with E-state index in [4.69, 9.17) is 23.2 Å². The number of phenolic OH excluding ortho intramolecular Hbond substituents is 1. The smallest absolute Gasteiger partial charge is 0.291 e. The van der Waals surface area contributed by atoms with Gasteiger partial charge in [0.2, 0.25) is 0 Å². The van der Waals surface area contributed by atoms with Crippen LogP contribution in [0.15, 0.2) is 39.6 Å². The standard InChI is InChI=1S/C15H8BrCl2NO3/c16-6-1-2-11(20)8(3-6)12-13-9(18)4-7(17)5-10(13)19-15(22)14(12)21/h1-5,20-21H,(H,19,22). The summed E-state index contributed by atoms with van der Waals surface area (Å²) in [6.07, 6.45) is 0. The summed E-state index contributed by atoms with van der Waals surface area (Å²) in [5, 5.41) is 21.3. The van der Waals surface area contributed by atoms with E-state index in [9.17, 15) is 15.0 Å². The molecule has 112 valence electrons. The average Bonchev–Trinajstić information content (AvgIpc) is 2.44. The van der Waals surface area contributed by atoms with Crippen molar-refractivity contribution in [1.29, 1.82) is 0 Å². The van der Waals surface area contributed by atoms with E-state index in [1.165, 1.54) is 18.2 Å². The molecule has 0 radical (unpaired) electrons. The minimum Gasteiger partial charge on any atom is -0.507 e. The molecule has 7 heteroatoms. The second-order valence-electron chi connectivity index (χ2n) is 4.65. The summed E-state index contributed by atoms with van der Waals surface area (Å²) in [6, 6.07) is 7.72. The van der Waals surface area contributed by atoms with Gasteiger partial charge in [0.05, 0.1) is 10.5 Å². The lowest BCUT2D eigenvalue weighted by Crippen LogP contribution is -2.07. The number of pyridine rings is 1. The lowest BCUT2D eigenvalue weighted by molar-refractivity contribution is 0.464. The van der Waals surface area contributed by atoms with Crippen molar-refractivity contribution >= 4 is 50.0 Å². The molecular formula is C15H8BrCl2NO3. The van der Waals surface area contributed by atoms with Crippen LogP contribution in [0.3, 0.4) is 0 Å². The summed E-state index contributed by atoms with van der Waals surface area (Å²) < 4.78 is 0.679. The molecule has 0 saturated heterocycles. The van der Waals surface area contributed by atoms with Gasteiger partial charge in [-0.25, -0.2) is 0 Å². The molecule has 4 nitrogen and oxygen atoms in total. The van der Waals surface area contributed by atoms with Crippen molar-refractivity contribution in [2.75, 3.05) is 0 Å². The predicted molar refractivity (Wildman–Crippen MR) is 91.1 cm³/mol. The van der Waals surface area contributed by atoms with E-state index in [1.807, 2.05) is 0 Å². The first-order valence-electron chi connectivity index (χ1n) is 6.11. The van der Waals surface area contributed by atoms with Crippen LogP contribution in [-0.4, -0.2) is 15.2 Å². The molecule has 0 aliphatic carbocycles. The number of phenols is 1. The molecule has 0 amide bonds. The van der Waals surface area contributed by atoms with Crippen LogP contribution >= 0.6 is 39.1 Å². The first-order valence-corrected chi connectivity index (χ1v) is 7.66. The van der Waals surface area contributed by atoms with E-state index in [0.29, 0.717) is 20.4 Å². The van der Waals surface area contributed by atoms with Gasteiger partial charge in [0, 0.05) is 26.0 Å². The first kappa shape index (κ1) is 15.2. The van der Waals surface area contributed by atoms with Crippen molar-refractivity contribution in [2.45, 2.75) is 0 Å². The monoisotopic (exact) mass is 399 g/mol. The molecule has 0 bridgehead atoms. The minimum atomic E-state index is -0.694. The fourth-order valence-corrected chi connectivity index (χ4v) is 3.26. The fraction of sp³-hybridized carbons (Fsp3) is 0. The van der Waals surface area contributed by atoms with Crippen molar-refractivity contribution < 1.29 is 10.2 Å². The van der Waals surface area contributed by atoms with Crippen molar-refractivity contribution in [2.24, 2.45) is 0 Å².